The fourth-order valence-corrected chi connectivity index (χ4v) is 3.31. The maximum atomic E-state index is 12.5. The van der Waals surface area contributed by atoms with Crippen molar-refractivity contribution in [3.05, 3.63) is 18.2 Å². The number of unbranched alkanes of at least 4 members (excludes halogenated alkanes) is 4. The average molecular weight is 449 g/mol. The Kier molecular flexibility index (Phi) is 14.5. The Bertz CT molecular complexity index is 666. The van der Waals surface area contributed by atoms with Crippen molar-refractivity contribution in [2.24, 2.45) is 11.8 Å². The van der Waals surface area contributed by atoms with Crippen molar-refractivity contribution in [1.29, 1.82) is 0 Å². The van der Waals surface area contributed by atoms with Crippen molar-refractivity contribution in [2.75, 3.05) is 6.61 Å². The van der Waals surface area contributed by atoms with Crippen LogP contribution in [0.3, 0.4) is 0 Å². The largest absolute Gasteiger partial charge is 0.490 e. The molecule has 0 spiro atoms. The van der Waals surface area contributed by atoms with Gasteiger partial charge in [0.1, 0.15) is 0 Å². The van der Waals surface area contributed by atoms with Crippen LogP contribution in [0.15, 0.2) is 18.2 Å². The zero-order chi connectivity index (χ0) is 23.8. The summed E-state index contributed by atoms with van der Waals surface area (Å²) in [4.78, 5) is 24.9. The molecule has 0 radical (unpaired) electrons. The number of esters is 2. The minimum Gasteiger partial charge on any atom is -0.490 e. The SMILES string of the molecule is CCCCCOc1cccc(OC(=O)CCCCC(C)C)c1OC(=O)CCCCC(C)C. The summed E-state index contributed by atoms with van der Waals surface area (Å²) in [6, 6.07) is 5.18. The second-order valence-corrected chi connectivity index (χ2v) is 9.37. The van der Waals surface area contributed by atoms with E-state index in [1.54, 1.807) is 18.2 Å². The first kappa shape index (κ1) is 28.0. The van der Waals surface area contributed by atoms with Crippen LogP contribution in [0.1, 0.15) is 105 Å². The predicted octanol–water partition coefficient (Wildman–Crippen LogP) is 7.50. The summed E-state index contributed by atoms with van der Waals surface area (Å²) in [7, 11) is 0. The lowest BCUT2D eigenvalue weighted by Gasteiger charge is -2.15. The predicted molar refractivity (Wildman–Crippen MR) is 129 cm³/mol. The highest BCUT2D eigenvalue weighted by molar-refractivity contribution is 5.77. The van der Waals surface area contributed by atoms with Gasteiger partial charge in [-0.2, -0.15) is 0 Å². The molecule has 0 aromatic heterocycles. The number of carbonyl (C=O) groups is 2. The van der Waals surface area contributed by atoms with Crippen molar-refractivity contribution in [3.8, 4) is 17.2 Å². The Balaban J connectivity index is 2.78. The van der Waals surface area contributed by atoms with Crippen LogP contribution < -0.4 is 14.2 Å². The van der Waals surface area contributed by atoms with Crippen LogP contribution in [0.5, 0.6) is 17.2 Å². The maximum Gasteiger partial charge on any atom is 0.311 e. The first-order chi connectivity index (χ1) is 15.3. The van der Waals surface area contributed by atoms with Gasteiger partial charge in [0.05, 0.1) is 6.61 Å². The molecule has 1 aromatic rings. The van der Waals surface area contributed by atoms with Crippen molar-refractivity contribution >= 4 is 11.9 Å². The van der Waals surface area contributed by atoms with E-state index in [2.05, 4.69) is 34.6 Å². The maximum absolute atomic E-state index is 12.5. The van der Waals surface area contributed by atoms with Crippen LogP contribution >= 0.6 is 0 Å². The molecule has 0 atom stereocenters. The monoisotopic (exact) mass is 448 g/mol. The van der Waals surface area contributed by atoms with E-state index in [0.29, 0.717) is 37.0 Å². The molecule has 0 aliphatic heterocycles. The van der Waals surface area contributed by atoms with Crippen LogP contribution in [0.2, 0.25) is 0 Å². The van der Waals surface area contributed by atoms with Gasteiger partial charge in [-0.25, -0.2) is 0 Å². The molecule has 0 unspecified atom stereocenters. The van der Waals surface area contributed by atoms with E-state index in [-0.39, 0.29) is 23.4 Å². The Labute approximate surface area is 195 Å². The number of carbonyl (C=O) groups excluding carboxylic acids is 2. The third-order valence-electron chi connectivity index (χ3n) is 5.21. The lowest BCUT2D eigenvalue weighted by Crippen LogP contribution is -2.13. The van der Waals surface area contributed by atoms with Crippen molar-refractivity contribution < 1.29 is 23.8 Å². The highest BCUT2D eigenvalue weighted by Crippen LogP contribution is 2.38. The van der Waals surface area contributed by atoms with Gasteiger partial charge in [0.25, 0.3) is 0 Å². The summed E-state index contributed by atoms with van der Waals surface area (Å²) in [6.45, 7) is 11.4. The normalized spacial score (nSPS) is 11.1. The Morgan fingerprint density at radius 1 is 0.750 bits per heavy atom. The number of hydrogen-bond acceptors (Lipinski definition) is 5. The molecule has 0 bridgehead atoms. The summed E-state index contributed by atoms with van der Waals surface area (Å²) >= 11 is 0. The summed E-state index contributed by atoms with van der Waals surface area (Å²) in [6.07, 6.45) is 9.47. The molecule has 0 amide bonds. The van der Waals surface area contributed by atoms with E-state index in [9.17, 15) is 9.59 Å². The molecular formula is C27H44O5. The van der Waals surface area contributed by atoms with E-state index in [4.69, 9.17) is 14.2 Å². The number of benzene rings is 1. The van der Waals surface area contributed by atoms with E-state index < -0.39 is 0 Å². The number of para-hydroxylation sites is 1. The standard InChI is InChI=1S/C27H44O5/c1-6-7-12-20-30-23-16-13-17-24(31-25(28)18-10-8-14-21(2)3)27(23)32-26(29)19-11-9-15-22(4)5/h13,16-17,21-22H,6-12,14-15,18-20H2,1-5H3. The lowest BCUT2D eigenvalue weighted by atomic mass is 10.1. The van der Waals surface area contributed by atoms with Gasteiger partial charge in [-0.15, -0.1) is 0 Å². The quantitative estimate of drug-likeness (QED) is 0.140. The number of ether oxygens (including phenoxy) is 3. The molecule has 0 aliphatic carbocycles. The number of hydrogen-bond donors (Lipinski definition) is 0. The van der Waals surface area contributed by atoms with Crippen molar-refractivity contribution in [1.82, 2.24) is 0 Å². The second-order valence-electron chi connectivity index (χ2n) is 9.37. The molecule has 1 aromatic carbocycles. The van der Waals surface area contributed by atoms with E-state index in [1.807, 2.05) is 0 Å². The highest BCUT2D eigenvalue weighted by Gasteiger charge is 2.19. The van der Waals surface area contributed by atoms with Gasteiger partial charge in [0.2, 0.25) is 5.75 Å². The second kappa shape index (κ2) is 16.6. The van der Waals surface area contributed by atoms with Crippen LogP contribution in [0.25, 0.3) is 0 Å². The summed E-state index contributed by atoms with van der Waals surface area (Å²) in [5.74, 6) is 1.52. The molecular weight excluding hydrogens is 404 g/mol. The molecule has 0 saturated heterocycles. The molecule has 0 aliphatic rings. The van der Waals surface area contributed by atoms with Crippen molar-refractivity contribution in [3.63, 3.8) is 0 Å². The Hall–Kier alpha value is -2.04. The van der Waals surface area contributed by atoms with Gasteiger partial charge < -0.3 is 14.2 Å². The Morgan fingerprint density at radius 2 is 1.31 bits per heavy atom. The highest BCUT2D eigenvalue weighted by atomic mass is 16.6. The van der Waals surface area contributed by atoms with Crippen LogP contribution in [-0.2, 0) is 9.59 Å². The van der Waals surface area contributed by atoms with E-state index in [0.717, 1.165) is 57.8 Å². The van der Waals surface area contributed by atoms with Gasteiger partial charge in [-0.1, -0.05) is 79.2 Å². The van der Waals surface area contributed by atoms with Gasteiger partial charge >= 0.3 is 11.9 Å². The molecule has 1 rings (SSSR count). The van der Waals surface area contributed by atoms with Crippen LogP contribution in [0.4, 0.5) is 0 Å². The number of rotatable bonds is 17. The molecule has 5 heteroatoms. The molecule has 0 fully saturated rings. The molecule has 0 N–H and O–H groups in total. The lowest BCUT2D eigenvalue weighted by molar-refractivity contribution is -0.137. The zero-order valence-corrected chi connectivity index (χ0v) is 20.9. The molecule has 32 heavy (non-hydrogen) atoms. The van der Waals surface area contributed by atoms with Crippen LogP contribution in [-0.4, -0.2) is 18.5 Å². The summed E-state index contributed by atoms with van der Waals surface area (Å²) in [5.41, 5.74) is 0. The fraction of sp³-hybridized carbons (Fsp3) is 0.704. The molecule has 5 nitrogen and oxygen atoms in total. The third kappa shape index (κ3) is 12.7. The van der Waals surface area contributed by atoms with Gasteiger partial charge in [-0.3, -0.25) is 9.59 Å². The Morgan fingerprint density at radius 3 is 1.88 bits per heavy atom. The minimum absolute atomic E-state index is 0.216. The topological polar surface area (TPSA) is 61.8 Å². The van der Waals surface area contributed by atoms with Crippen molar-refractivity contribution in [2.45, 2.75) is 105 Å². The fourth-order valence-electron chi connectivity index (χ4n) is 3.31. The first-order valence-corrected chi connectivity index (χ1v) is 12.5. The van der Waals surface area contributed by atoms with Crippen LogP contribution in [0, 0.1) is 11.8 Å². The molecule has 0 saturated carbocycles. The zero-order valence-electron chi connectivity index (χ0n) is 20.9. The van der Waals surface area contributed by atoms with E-state index >= 15 is 0 Å². The van der Waals surface area contributed by atoms with Gasteiger partial charge in [-0.05, 0) is 43.2 Å². The van der Waals surface area contributed by atoms with Gasteiger partial charge in [0, 0.05) is 12.8 Å². The minimum atomic E-state index is -0.326. The first-order valence-electron chi connectivity index (χ1n) is 12.5. The smallest absolute Gasteiger partial charge is 0.311 e. The molecule has 182 valence electrons. The van der Waals surface area contributed by atoms with Gasteiger partial charge in [0.15, 0.2) is 11.5 Å². The summed E-state index contributed by atoms with van der Waals surface area (Å²) < 4.78 is 17.1. The average Bonchev–Trinajstić information content (AvgIpc) is 2.73. The van der Waals surface area contributed by atoms with E-state index in [1.165, 1.54) is 0 Å². The third-order valence-corrected chi connectivity index (χ3v) is 5.21. The molecule has 0 heterocycles. The summed E-state index contributed by atoms with van der Waals surface area (Å²) in [5, 5.41) is 0.